The Morgan fingerprint density at radius 1 is 1.29 bits per heavy atom. The van der Waals surface area contributed by atoms with Crippen molar-refractivity contribution in [2.24, 2.45) is 0 Å². The van der Waals surface area contributed by atoms with Crippen molar-refractivity contribution in [2.75, 3.05) is 0 Å². The molecule has 1 N–H and O–H groups in total. The monoisotopic (exact) mass is 297 g/mol. The number of nitro benzene ring substituents is 1. The Morgan fingerprint density at radius 2 is 1.90 bits per heavy atom. The first-order valence-electron chi connectivity index (χ1n) is 6.87. The average Bonchev–Trinajstić information content (AvgIpc) is 2.68. The van der Waals surface area contributed by atoms with Crippen LogP contribution in [0.4, 0.5) is 10.1 Å². The number of benzene rings is 1. The van der Waals surface area contributed by atoms with Crippen molar-refractivity contribution >= 4 is 11.7 Å². The summed E-state index contributed by atoms with van der Waals surface area (Å²) in [5.74, 6) is -2.62. The van der Waals surface area contributed by atoms with Gasteiger partial charge in [0.1, 0.15) is 5.56 Å². The number of carboxylic acid groups (broad SMARTS) is 1. The third-order valence-corrected chi connectivity index (χ3v) is 3.57. The zero-order chi connectivity index (χ0) is 15.4. The van der Waals surface area contributed by atoms with E-state index in [-0.39, 0.29) is 11.9 Å². The van der Waals surface area contributed by atoms with Crippen LogP contribution in [0.2, 0.25) is 0 Å². The highest BCUT2D eigenvalue weighted by Gasteiger charge is 2.25. The van der Waals surface area contributed by atoms with E-state index in [0.717, 1.165) is 44.6 Å². The van der Waals surface area contributed by atoms with Crippen LogP contribution < -0.4 is 4.74 Å². The minimum absolute atomic E-state index is 0.176. The van der Waals surface area contributed by atoms with Crippen LogP contribution in [0.1, 0.15) is 48.9 Å². The van der Waals surface area contributed by atoms with Crippen LogP contribution in [0.5, 0.6) is 5.75 Å². The van der Waals surface area contributed by atoms with Crippen molar-refractivity contribution in [1.29, 1.82) is 0 Å². The highest BCUT2D eigenvalue weighted by molar-refractivity contribution is 5.92. The SMILES string of the molecule is O=C(O)c1cc(OC2CCCCCC2)c(F)cc1[N+](=O)[O-]. The standard InChI is InChI=1S/C14H16FNO5/c15-11-8-12(16(19)20)10(14(17)18)7-13(11)21-9-5-3-1-2-4-6-9/h7-9H,1-6H2,(H,17,18). The summed E-state index contributed by atoms with van der Waals surface area (Å²) in [7, 11) is 0. The third kappa shape index (κ3) is 3.68. The third-order valence-electron chi connectivity index (χ3n) is 3.57. The lowest BCUT2D eigenvalue weighted by Crippen LogP contribution is -2.16. The molecule has 0 atom stereocenters. The molecule has 0 saturated heterocycles. The Kier molecular flexibility index (Phi) is 4.72. The molecule has 1 aliphatic rings. The van der Waals surface area contributed by atoms with Gasteiger partial charge in [0.2, 0.25) is 0 Å². The largest absolute Gasteiger partial charge is 0.487 e. The predicted molar refractivity (Wildman–Crippen MR) is 72.1 cm³/mol. The number of hydrogen-bond donors (Lipinski definition) is 1. The van der Waals surface area contributed by atoms with Gasteiger partial charge in [0.05, 0.1) is 17.1 Å². The normalized spacial score (nSPS) is 16.2. The molecule has 0 amide bonds. The molecule has 0 radical (unpaired) electrons. The highest BCUT2D eigenvalue weighted by atomic mass is 19.1. The molecule has 1 aromatic carbocycles. The number of rotatable bonds is 4. The van der Waals surface area contributed by atoms with E-state index in [9.17, 15) is 19.3 Å². The fourth-order valence-electron chi connectivity index (χ4n) is 2.49. The first-order chi connectivity index (χ1) is 9.99. The zero-order valence-electron chi connectivity index (χ0n) is 11.4. The fourth-order valence-corrected chi connectivity index (χ4v) is 2.49. The Balaban J connectivity index is 2.28. The van der Waals surface area contributed by atoms with E-state index >= 15 is 0 Å². The summed E-state index contributed by atoms with van der Waals surface area (Å²) in [5.41, 5.74) is -1.33. The van der Waals surface area contributed by atoms with Crippen LogP contribution in [0.25, 0.3) is 0 Å². The molecule has 0 unspecified atom stereocenters. The lowest BCUT2D eigenvalue weighted by atomic mass is 10.1. The summed E-state index contributed by atoms with van der Waals surface area (Å²) in [6, 6.07) is 1.51. The van der Waals surface area contributed by atoms with E-state index in [0.29, 0.717) is 6.07 Å². The number of carboxylic acids is 1. The molecule has 6 nitrogen and oxygen atoms in total. The number of aromatic carboxylic acids is 1. The first-order valence-corrected chi connectivity index (χ1v) is 6.87. The van der Waals surface area contributed by atoms with Crippen molar-refractivity contribution in [3.8, 4) is 5.75 Å². The molecule has 0 aliphatic heterocycles. The Morgan fingerprint density at radius 3 is 2.43 bits per heavy atom. The van der Waals surface area contributed by atoms with Gasteiger partial charge in [0, 0.05) is 6.07 Å². The summed E-state index contributed by atoms with van der Waals surface area (Å²) >= 11 is 0. The maximum Gasteiger partial charge on any atom is 0.342 e. The molecular formula is C14H16FNO5. The minimum atomic E-state index is -1.48. The van der Waals surface area contributed by atoms with Crippen LogP contribution in [-0.2, 0) is 0 Å². The summed E-state index contributed by atoms with van der Waals surface area (Å²) in [6.07, 6.45) is 5.53. The number of carbonyl (C=O) groups is 1. The average molecular weight is 297 g/mol. The second-order valence-electron chi connectivity index (χ2n) is 5.09. The van der Waals surface area contributed by atoms with Gasteiger partial charge in [-0.1, -0.05) is 12.8 Å². The van der Waals surface area contributed by atoms with Crippen molar-refractivity contribution < 1.29 is 24.0 Å². The molecule has 0 spiro atoms. The molecule has 1 saturated carbocycles. The molecular weight excluding hydrogens is 281 g/mol. The van der Waals surface area contributed by atoms with Crippen molar-refractivity contribution in [3.63, 3.8) is 0 Å². The van der Waals surface area contributed by atoms with E-state index < -0.39 is 28.0 Å². The predicted octanol–water partition coefficient (Wildman–Crippen LogP) is 3.53. The molecule has 114 valence electrons. The quantitative estimate of drug-likeness (QED) is 0.521. The molecule has 1 aliphatic carbocycles. The molecule has 0 aromatic heterocycles. The van der Waals surface area contributed by atoms with Crippen LogP contribution in [-0.4, -0.2) is 22.1 Å². The Hall–Kier alpha value is -2.18. The second kappa shape index (κ2) is 6.51. The van der Waals surface area contributed by atoms with E-state index in [1.807, 2.05) is 0 Å². The van der Waals surface area contributed by atoms with Gasteiger partial charge in [0.15, 0.2) is 11.6 Å². The number of halogens is 1. The number of nitro groups is 1. The number of hydrogen-bond acceptors (Lipinski definition) is 4. The Labute approximate surface area is 120 Å². The van der Waals surface area contributed by atoms with Crippen molar-refractivity contribution in [3.05, 3.63) is 33.6 Å². The molecule has 0 heterocycles. The summed E-state index contributed by atoms with van der Waals surface area (Å²) < 4.78 is 19.4. The highest BCUT2D eigenvalue weighted by Crippen LogP contribution is 2.30. The van der Waals surface area contributed by atoms with Gasteiger partial charge in [-0.3, -0.25) is 10.1 Å². The van der Waals surface area contributed by atoms with E-state index in [2.05, 4.69) is 0 Å². The van der Waals surface area contributed by atoms with E-state index in [1.54, 1.807) is 0 Å². The number of ether oxygens (including phenoxy) is 1. The van der Waals surface area contributed by atoms with Gasteiger partial charge in [-0.2, -0.15) is 0 Å². The fraction of sp³-hybridized carbons (Fsp3) is 0.500. The van der Waals surface area contributed by atoms with Gasteiger partial charge < -0.3 is 9.84 Å². The van der Waals surface area contributed by atoms with Gasteiger partial charge >= 0.3 is 5.97 Å². The van der Waals surface area contributed by atoms with Crippen LogP contribution >= 0.6 is 0 Å². The van der Waals surface area contributed by atoms with E-state index in [4.69, 9.17) is 9.84 Å². The minimum Gasteiger partial charge on any atom is -0.487 e. The lowest BCUT2D eigenvalue weighted by Gasteiger charge is -2.17. The first kappa shape index (κ1) is 15.2. The summed E-state index contributed by atoms with van der Waals surface area (Å²) in [5, 5.41) is 19.8. The number of nitrogens with zero attached hydrogens (tertiary/aromatic N) is 1. The van der Waals surface area contributed by atoms with Crippen LogP contribution in [0, 0.1) is 15.9 Å². The van der Waals surface area contributed by atoms with Crippen LogP contribution in [0.15, 0.2) is 12.1 Å². The molecule has 7 heteroatoms. The Bertz CT molecular complexity index is 553. The summed E-state index contributed by atoms with van der Waals surface area (Å²) in [6.45, 7) is 0. The summed E-state index contributed by atoms with van der Waals surface area (Å²) in [4.78, 5) is 20.9. The smallest absolute Gasteiger partial charge is 0.342 e. The van der Waals surface area contributed by atoms with Crippen molar-refractivity contribution in [2.45, 2.75) is 44.6 Å². The lowest BCUT2D eigenvalue weighted by molar-refractivity contribution is -0.385. The van der Waals surface area contributed by atoms with Gasteiger partial charge in [-0.25, -0.2) is 9.18 Å². The zero-order valence-corrected chi connectivity index (χ0v) is 11.4. The van der Waals surface area contributed by atoms with Gasteiger partial charge in [-0.05, 0) is 25.7 Å². The maximum atomic E-state index is 13.9. The molecule has 1 aromatic rings. The van der Waals surface area contributed by atoms with E-state index in [1.165, 1.54) is 0 Å². The molecule has 21 heavy (non-hydrogen) atoms. The van der Waals surface area contributed by atoms with Crippen molar-refractivity contribution in [1.82, 2.24) is 0 Å². The van der Waals surface area contributed by atoms with Gasteiger partial charge in [-0.15, -0.1) is 0 Å². The van der Waals surface area contributed by atoms with Gasteiger partial charge in [0.25, 0.3) is 5.69 Å². The molecule has 1 fully saturated rings. The van der Waals surface area contributed by atoms with Crippen LogP contribution in [0.3, 0.4) is 0 Å². The molecule has 2 rings (SSSR count). The topological polar surface area (TPSA) is 89.7 Å². The second-order valence-corrected chi connectivity index (χ2v) is 5.09. The maximum absolute atomic E-state index is 13.9. The molecule has 0 bridgehead atoms.